The fraction of sp³-hybridized carbons (Fsp3) is 0.941. The monoisotopic (exact) mass is 283 g/mol. The van der Waals surface area contributed by atoms with E-state index in [4.69, 9.17) is 4.74 Å². The molecule has 0 aromatic rings. The van der Waals surface area contributed by atoms with Gasteiger partial charge in [0.2, 0.25) is 0 Å². The van der Waals surface area contributed by atoms with Crippen LogP contribution in [-0.2, 0) is 9.53 Å². The average molecular weight is 283 g/mol. The first-order chi connectivity index (χ1) is 9.34. The molecule has 0 saturated carbocycles. The van der Waals surface area contributed by atoms with E-state index in [1.54, 1.807) is 0 Å². The summed E-state index contributed by atoms with van der Waals surface area (Å²) >= 11 is 0. The van der Waals surface area contributed by atoms with Crippen molar-refractivity contribution in [3.8, 4) is 0 Å². The molecule has 0 bridgehead atoms. The summed E-state index contributed by atoms with van der Waals surface area (Å²) in [6.07, 6.45) is 7.49. The zero-order valence-electron chi connectivity index (χ0n) is 14.2. The van der Waals surface area contributed by atoms with Crippen LogP contribution in [0.15, 0.2) is 0 Å². The van der Waals surface area contributed by atoms with Gasteiger partial charge in [-0.05, 0) is 41.0 Å². The molecule has 3 nitrogen and oxygen atoms in total. The van der Waals surface area contributed by atoms with Crippen LogP contribution in [0.5, 0.6) is 0 Å². The Morgan fingerprint density at radius 3 is 2.15 bits per heavy atom. The summed E-state index contributed by atoms with van der Waals surface area (Å²) in [7, 11) is 0. The summed E-state index contributed by atoms with van der Waals surface area (Å²) in [5.41, 5.74) is -0.556. The number of carbonyl (C=O) groups is 1. The van der Waals surface area contributed by atoms with E-state index < -0.39 is 5.60 Å². The summed E-state index contributed by atoms with van der Waals surface area (Å²) in [6, 6.07) is 0.461. The highest BCUT2D eigenvalue weighted by atomic mass is 16.6. The third kappa shape index (κ3) is 4.21. The van der Waals surface area contributed by atoms with Crippen LogP contribution in [0.3, 0.4) is 0 Å². The van der Waals surface area contributed by atoms with Gasteiger partial charge in [0, 0.05) is 12.1 Å². The summed E-state index contributed by atoms with van der Waals surface area (Å²) < 4.78 is 5.76. The maximum absolute atomic E-state index is 12.7. The van der Waals surface area contributed by atoms with E-state index >= 15 is 0 Å². The van der Waals surface area contributed by atoms with E-state index in [1.165, 1.54) is 32.1 Å². The molecule has 1 rings (SSSR count). The standard InChI is InChI=1S/C17H33NO2/c1-7-8-9-10-11-12-15-17(6,20-15)16(19)18(13(2)3)14(4)5/h13-15H,7-12H2,1-6H3/t15-,17+/m0/s1. The van der Waals surface area contributed by atoms with Crippen molar-refractivity contribution in [3.05, 3.63) is 0 Å². The summed E-state index contributed by atoms with van der Waals surface area (Å²) in [5.74, 6) is 0.168. The number of unbranched alkanes of at least 4 members (excludes halogenated alkanes) is 4. The first-order valence-corrected chi connectivity index (χ1v) is 8.35. The van der Waals surface area contributed by atoms with Gasteiger partial charge >= 0.3 is 0 Å². The number of ether oxygens (including phenoxy) is 1. The number of amides is 1. The predicted octanol–water partition coefficient (Wildman–Crippen LogP) is 4.15. The van der Waals surface area contributed by atoms with Crippen molar-refractivity contribution in [2.45, 2.75) is 104 Å². The van der Waals surface area contributed by atoms with Gasteiger partial charge in [-0.25, -0.2) is 0 Å². The maximum Gasteiger partial charge on any atom is 0.257 e. The van der Waals surface area contributed by atoms with Crippen LogP contribution in [0.1, 0.15) is 80.1 Å². The molecule has 1 fully saturated rings. The predicted molar refractivity (Wildman–Crippen MR) is 83.8 cm³/mol. The Balaban J connectivity index is 2.42. The van der Waals surface area contributed by atoms with E-state index in [0.29, 0.717) is 0 Å². The van der Waals surface area contributed by atoms with Gasteiger partial charge in [-0.2, -0.15) is 0 Å². The second kappa shape index (κ2) is 7.44. The molecular weight excluding hydrogens is 250 g/mol. The van der Waals surface area contributed by atoms with Crippen molar-refractivity contribution >= 4 is 5.91 Å². The van der Waals surface area contributed by atoms with Crippen molar-refractivity contribution in [2.75, 3.05) is 0 Å². The van der Waals surface area contributed by atoms with Gasteiger partial charge in [0.1, 0.15) is 0 Å². The minimum atomic E-state index is -0.556. The van der Waals surface area contributed by atoms with Crippen molar-refractivity contribution in [2.24, 2.45) is 0 Å². The fourth-order valence-corrected chi connectivity index (χ4v) is 3.04. The SMILES string of the molecule is CCCCCCC[C@@H]1O[C@@]1(C)C(=O)N(C(C)C)C(C)C. The van der Waals surface area contributed by atoms with Crippen LogP contribution in [0.2, 0.25) is 0 Å². The summed E-state index contributed by atoms with van der Waals surface area (Å²) in [4.78, 5) is 14.6. The summed E-state index contributed by atoms with van der Waals surface area (Å²) in [6.45, 7) is 12.5. The van der Waals surface area contributed by atoms with Crippen LogP contribution in [0.4, 0.5) is 0 Å². The van der Waals surface area contributed by atoms with Gasteiger partial charge in [-0.1, -0.05) is 39.0 Å². The highest BCUT2D eigenvalue weighted by Gasteiger charge is 2.59. The molecule has 3 heteroatoms. The Labute approximate surface area is 125 Å². The Morgan fingerprint density at radius 1 is 1.10 bits per heavy atom. The quantitative estimate of drug-likeness (QED) is 0.470. The number of hydrogen-bond donors (Lipinski definition) is 0. The molecule has 0 spiro atoms. The van der Waals surface area contributed by atoms with Gasteiger partial charge in [-0.3, -0.25) is 4.79 Å². The van der Waals surface area contributed by atoms with Crippen molar-refractivity contribution in [3.63, 3.8) is 0 Å². The molecule has 0 aromatic heterocycles. The van der Waals surface area contributed by atoms with Gasteiger partial charge in [-0.15, -0.1) is 0 Å². The van der Waals surface area contributed by atoms with E-state index in [2.05, 4.69) is 34.6 Å². The molecule has 0 unspecified atom stereocenters. The number of epoxide rings is 1. The molecule has 0 N–H and O–H groups in total. The zero-order valence-corrected chi connectivity index (χ0v) is 14.2. The Kier molecular flexibility index (Phi) is 6.50. The molecule has 118 valence electrons. The number of nitrogens with zero attached hydrogens (tertiary/aromatic N) is 1. The molecule has 2 atom stereocenters. The van der Waals surface area contributed by atoms with E-state index in [0.717, 1.165) is 6.42 Å². The van der Waals surface area contributed by atoms with Crippen LogP contribution in [0, 0.1) is 0 Å². The normalized spacial score (nSPS) is 25.3. The van der Waals surface area contributed by atoms with Crippen molar-refractivity contribution in [1.29, 1.82) is 0 Å². The van der Waals surface area contributed by atoms with Crippen LogP contribution < -0.4 is 0 Å². The average Bonchev–Trinajstić information content (AvgIpc) is 3.00. The first-order valence-electron chi connectivity index (χ1n) is 8.35. The first kappa shape index (κ1) is 17.5. The molecule has 0 radical (unpaired) electrons. The lowest BCUT2D eigenvalue weighted by atomic mass is 9.99. The van der Waals surface area contributed by atoms with Gasteiger partial charge in [0.05, 0.1) is 6.10 Å². The largest absolute Gasteiger partial charge is 0.356 e. The van der Waals surface area contributed by atoms with Crippen molar-refractivity contribution in [1.82, 2.24) is 4.90 Å². The minimum Gasteiger partial charge on any atom is -0.356 e. The second-order valence-electron chi connectivity index (χ2n) is 6.82. The Hall–Kier alpha value is -0.570. The van der Waals surface area contributed by atoms with Crippen LogP contribution in [-0.4, -0.2) is 34.6 Å². The topological polar surface area (TPSA) is 32.8 Å². The van der Waals surface area contributed by atoms with E-state index in [9.17, 15) is 4.79 Å². The summed E-state index contributed by atoms with van der Waals surface area (Å²) in [5, 5.41) is 0. The van der Waals surface area contributed by atoms with E-state index in [1.807, 2.05) is 11.8 Å². The smallest absolute Gasteiger partial charge is 0.257 e. The highest BCUT2D eigenvalue weighted by Crippen LogP contribution is 2.41. The Morgan fingerprint density at radius 2 is 1.65 bits per heavy atom. The molecule has 1 saturated heterocycles. The molecule has 1 heterocycles. The molecule has 0 aromatic carbocycles. The minimum absolute atomic E-state index is 0.136. The molecule has 1 aliphatic heterocycles. The lowest BCUT2D eigenvalue weighted by Crippen LogP contribution is -2.48. The number of hydrogen-bond acceptors (Lipinski definition) is 2. The second-order valence-corrected chi connectivity index (χ2v) is 6.82. The maximum atomic E-state index is 12.7. The lowest BCUT2D eigenvalue weighted by molar-refractivity contribution is -0.140. The molecule has 1 amide bonds. The molecular formula is C17H33NO2. The number of rotatable bonds is 9. The number of carbonyl (C=O) groups excluding carboxylic acids is 1. The highest BCUT2D eigenvalue weighted by molar-refractivity contribution is 5.88. The lowest BCUT2D eigenvalue weighted by Gasteiger charge is -2.32. The van der Waals surface area contributed by atoms with Crippen molar-refractivity contribution < 1.29 is 9.53 Å². The zero-order chi connectivity index (χ0) is 15.3. The fourth-order valence-electron chi connectivity index (χ4n) is 3.04. The van der Waals surface area contributed by atoms with E-state index in [-0.39, 0.29) is 24.1 Å². The van der Waals surface area contributed by atoms with Gasteiger partial charge < -0.3 is 9.64 Å². The Bertz CT molecular complexity index is 306. The third-order valence-corrected chi connectivity index (χ3v) is 4.29. The van der Waals surface area contributed by atoms with Gasteiger partial charge in [0.25, 0.3) is 5.91 Å². The molecule has 1 aliphatic rings. The van der Waals surface area contributed by atoms with Gasteiger partial charge in [0.15, 0.2) is 5.60 Å². The van der Waals surface area contributed by atoms with Crippen LogP contribution >= 0.6 is 0 Å². The molecule has 20 heavy (non-hydrogen) atoms. The third-order valence-electron chi connectivity index (χ3n) is 4.29. The molecule has 0 aliphatic carbocycles. The van der Waals surface area contributed by atoms with Crippen LogP contribution in [0.25, 0.3) is 0 Å².